The van der Waals surface area contributed by atoms with E-state index in [9.17, 15) is 18.3 Å². The van der Waals surface area contributed by atoms with E-state index in [0.717, 1.165) is 12.0 Å². The number of sulfonamides is 1. The molecule has 1 fully saturated rings. The summed E-state index contributed by atoms with van der Waals surface area (Å²) in [5, 5.41) is 9.28. The quantitative estimate of drug-likeness (QED) is 0.873. The molecule has 1 aromatic rings. The first-order chi connectivity index (χ1) is 11.0. The topological polar surface area (TPSA) is 86.7 Å². The summed E-state index contributed by atoms with van der Waals surface area (Å²) in [6, 6.07) is 6.74. The predicted octanol–water partition coefficient (Wildman–Crippen LogP) is 3.00. The molecule has 1 saturated heterocycles. The lowest BCUT2D eigenvalue weighted by Gasteiger charge is -2.36. The van der Waals surface area contributed by atoms with Crippen LogP contribution in [0.15, 0.2) is 29.2 Å². The Hall–Kier alpha value is -1.60. The van der Waals surface area contributed by atoms with Gasteiger partial charge in [0, 0.05) is 6.54 Å². The van der Waals surface area contributed by atoms with Crippen molar-refractivity contribution < 1.29 is 18.3 Å². The van der Waals surface area contributed by atoms with Crippen molar-refractivity contribution in [3.63, 3.8) is 0 Å². The van der Waals surface area contributed by atoms with Gasteiger partial charge in [0.25, 0.3) is 0 Å². The normalized spacial score (nSPS) is 22.4. The number of hydrogen-bond acceptors (Lipinski definition) is 3. The van der Waals surface area contributed by atoms with Crippen LogP contribution in [0.1, 0.15) is 46.1 Å². The lowest BCUT2D eigenvalue weighted by atomic mass is 9.87. The van der Waals surface area contributed by atoms with Crippen LogP contribution in [0.2, 0.25) is 0 Å². The molecule has 2 unspecified atom stereocenters. The number of benzene rings is 1. The number of piperidine rings is 1. The fourth-order valence-electron chi connectivity index (χ4n) is 2.86. The molecule has 1 aromatic carbocycles. The Morgan fingerprint density at radius 1 is 1.25 bits per heavy atom. The second-order valence-corrected chi connectivity index (χ2v) is 9.23. The second kappa shape index (κ2) is 6.72. The highest BCUT2D eigenvalue weighted by Crippen LogP contribution is 2.25. The van der Waals surface area contributed by atoms with E-state index in [1.54, 1.807) is 24.3 Å². The Morgan fingerprint density at radius 3 is 2.33 bits per heavy atom. The molecule has 0 saturated carbocycles. The Labute approximate surface area is 143 Å². The van der Waals surface area contributed by atoms with Gasteiger partial charge in [-0.15, -0.1) is 0 Å². The third-order valence-electron chi connectivity index (χ3n) is 4.43. The number of carboxylic acid groups (broad SMARTS) is 1. The highest BCUT2D eigenvalue weighted by molar-refractivity contribution is 7.89. The average molecular weight is 354 g/mol. The molecule has 134 valence electrons. The van der Waals surface area contributed by atoms with Crippen molar-refractivity contribution in [1.29, 1.82) is 0 Å². The number of nitrogens with one attached hydrogen (secondary N) is 1. The van der Waals surface area contributed by atoms with Gasteiger partial charge in [-0.25, -0.2) is 13.2 Å². The summed E-state index contributed by atoms with van der Waals surface area (Å²) in [6.45, 7) is 8.51. The van der Waals surface area contributed by atoms with Crippen molar-refractivity contribution in [2.24, 2.45) is 5.92 Å². The number of likely N-dealkylation sites (tertiary alicyclic amines) is 1. The molecule has 0 bridgehead atoms. The molecule has 1 aliphatic heterocycles. The van der Waals surface area contributed by atoms with Crippen LogP contribution in [0.5, 0.6) is 0 Å². The largest absolute Gasteiger partial charge is 0.465 e. The molecule has 6 nitrogen and oxygen atoms in total. The second-order valence-electron chi connectivity index (χ2n) is 7.52. The maximum Gasteiger partial charge on any atom is 0.408 e. The molecule has 2 rings (SSSR count). The molecule has 0 aromatic heterocycles. The van der Waals surface area contributed by atoms with E-state index < -0.39 is 22.3 Å². The van der Waals surface area contributed by atoms with Crippen molar-refractivity contribution in [1.82, 2.24) is 9.62 Å². The first kappa shape index (κ1) is 18.7. The number of carbonyl (C=O) groups is 1. The summed E-state index contributed by atoms with van der Waals surface area (Å²) in [7, 11) is -3.77. The Morgan fingerprint density at radius 2 is 1.83 bits per heavy atom. The number of hydrogen-bond donors (Lipinski definition) is 2. The molecule has 1 amide bonds. The Bertz CT molecular complexity index is 692. The van der Waals surface area contributed by atoms with E-state index >= 15 is 0 Å². The van der Waals surface area contributed by atoms with Gasteiger partial charge in [-0.3, -0.25) is 4.90 Å². The summed E-state index contributed by atoms with van der Waals surface area (Å²) in [4.78, 5) is 12.7. The SMILES string of the molecule is CC1CCN(C(=O)O)C(NS(=O)(=O)c2ccc(C(C)(C)C)cc2)C1. The molecular formula is C17H26N2O4S. The third kappa shape index (κ3) is 4.27. The van der Waals surface area contributed by atoms with E-state index in [1.807, 2.05) is 6.92 Å². The van der Waals surface area contributed by atoms with Crippen LogP contribution < -0.4 is 4.72 Å². The minimum atomic E-state index is -3.77. The van der Waals surface area contributed by atoms with Gasteiger partial charge < -0.3 is 5.11 Å². The van der Waals surface area contributed by atoms with Gasteiger partial charge in [0.1, 0.15) is 0 Å². The zero-order chi connectivity index (χ0) is 18.1. The Kier molecular flexibility index (Phi) is 5.25. The highest BCUT2D eigenvalue weighted by Gasteiger charge is 2.33. The molecular weight excluding hydrogens is 328 g/mol. The van der Waals surface area contributed by atoms with Crippen LogP contribution in [0.3, 0.4) is 0 Å². The minimum Gasteiger partial charge on any atom is -0.465 e. The molecule has 2 atom stereocenters. The summed E-state index contributed by atoms with van der Waals surface area (Å²) in [6.07, 6.45) is -0.604. The zero-order valence-corrected chi connectivity index (χ0v) is 15.4. The van der Waals surface area contributed by atoms with Gasteiger partial charge in [-0.2, -0.15) is 4.72 Å². The summed E-state index contributed by atoms with van der Waals surface area (Å²) >= 11 is 0. The maximum atomic E-state index is 12.6. The van der Waals surface area contributed by atoms with Crippen LogP contribution in [0.25, 0.3) is 0 Å². The standard InChI is InChI=1S/C17H26N2O4S/c1-12-9-10-19(16(20)21)15(11-12)18-24(22,23)14-7-5-13(6-8-14)17(2,3)4/h5-8,12,15,18H,9-11H2,1-4H3,(H,20,21). The lowest BCUT2D eigenvalue weighted by Crippen LogP contribution is -2.54. The molecule has 0 radical (unpaired) electrons. The molecule has 1 heterocycles. The van der Waals surface area contributed by atoms with Gasteiger partial charge in [-0.05, 0) is 41.9 Å². The first-order valence-electron chi connectivity index (χ1n) is 8.13. The monoisotopic (exact) mass is 354 g/mol. The van der Waals surface area contributed by atoms with Gasteiger partial charge >= 0.3 is 6.09 Å². The molecule has 24 heavy (non-hydrogen) atoms. The van der Waals surface area contributed by atoms with Gasteiger partial charge in [0.05, 0.1) is 11.1 Å². The third-order valence-corrected chi connectivity index (χ3v) is 5.91. The summed E-state index contributed by atoms with van der Waals surface area (Å²) < 4.78 is 27.8. The van der Waals surface area contributed by atoms with Crippen molar-refractivity contribution >= 4 is 16.1 Å². The van der Waals surface area contributed by atoms with E-state index in [2.05, 4.69) is 25.5 Å². The lowest BCUT2D eigenvalue weighted by molar-refractivity contribution is 0.0888. The summed E-state index contributed by atoms with van der Waals surface area (Å²) in [5.41, 5.74) is 0.981. The predicted molar refractivity (Wildman–Crippen MR) is 92.4 cm³/mol. The highest BCUT2D eigenvalue weighted by atomic mass is 32.2. The van der Waals surface area contributed by atoms with Crippen LogP contribution in [0.4, 0.5) is 4.79 Å². The van der Waals surface area contributed by atoms with Crippen LogP contribution in [0, 0.1) is 5.92 Å². The average Bonchev–Trinajstić information content (AvgIpc) is 2.45. The van der Waals surface area contributed by atoms with Crippen molar-refractivity contribution in [3.05, 3.63) is 29.8 Å². The zero-order valence-electron chi connectivity index (χ0n) is 14.6. The Balaban J connectivity index is 2.22. The molecule has 0 aliphatic carbocycles. The van der Waals surface area contributed by atoms with E-state index in [1.165, 1.54) is 4.90 Å². The van der Waals surface area contributed by atoms with E-state index in [0.29, 0.717) is 13.0 Å². The van der Waals surface area contributed by atoms with Gasteiger partial charge in [0.15, 0.2) is 0 Å². The molecule has 2 N–H and O–H groups in total. The van der Waals surface area contributed by atoms with Crippen LogP contribution >= 0.6 is 0 Å². The van der Waals surface area contributed by atoms with E-state index in [-0.39, 0.29) is 16.2 Å². The smallest absolute Gasteiger partial charge is 0.408 e. The fraction of sp³-hybridized carbons (Fsp3) is 0.588. The van der Waals surface area contributed by atoms with Gasteiger partial charge in [-0.1, -0.05) is 39.8 Å². The number of nitrogens with zero attached hydrogens (tertiary/aromatic N) is 1. The minimum absolute atomic E-state index is 0.0609. The fourth-order valence-corrected chi connectivity index (χ4v) is 4.08. The van der Waals surface area contributed by atoms with Crippen molar-refractivity contribution in [3.8, 4) is 0 Å². The van der Waals surface area contributed by atoms with Crippen molar-refractivity contribution in [2.45, 2.75) is 57.0 Å². The molecule has 1 aliphatic rings. The van der Waals surface area contributed by atoms with Crippen LogP contribution in [-0.4, -0.2) is 37.2 Å². The maximum absolute atomic E-state index is 12.6. The van der Waals surface area contributed by atoms with Crippen LogP contribution in [-0.2, 0) is 15.4 Å². The number of amides is 1. The molecule has 7 heteroatoms. The van der Waals surface area contributed by atoms with E-state index in [4.69, 9.17) is 0 Å². The summed E-state index contributed by atoms with van der Waals surface area (Å²) in [5.74, 6) is 0.275. The van der Waals surface area contributed by atoms with Gasteiger partial charge in [0.2, 0.25) is 10.0 Å². The van der Waals surface area contributed by atoms with Crippen molar-refractivity contribution in [2.75, 3.05) is 6.54 Å². The number of rotatable bonds is 3. The molecule has 0 spiro atoms. The first-order valence-corrected chi connectivity index (χ1v) is 9.61.